The van der Waals surface area contributed by atoms with Crippen LogP contribution < -0.4 is 5.32 Å². The largest absolute Gasteiger partial charge is 0.382 e. The van der Waals surface area contributed by atoms with Crippen molar-refractivity contribution in [2.24, 2.45) is 0 Å². The van der Waals surface area contributed by atoms with Gasteiger partial charge < -0.3 is 14.5 Å². The summed E-state index contributed by atoms with van der Waals surface area (Å²) in [5.74, 6) is 0. The zero-order valence-electron chi connectivity index (χ0n) is 15.6. The van der Waals surface area contributed by atoms with Gasteiger partial charge in [-0.2, -0.15) is 0 Å². The normalized spacial score (nSPS) is 22.6. The van der Waals surface area contributed by atoms with Gasteiger partial charge in [0.05, 0.1) is 23.1 Å². The first-order valence-electron chi connectivity index (χ1n) is 9.55. The fraction of sp³-hybridized carbons (Fsp3) is 0.364. The van der Waals surface area contributed by atoms with Crippen LogP contribution in [-0.2, 0) is 16.8 Å². The smallest absolute Gasteiger partial charge is 0.136 e. The fourth-order valence-corrected chi connectivity index (χ4v) is 4.62. The third kappa shape index (κ3) is 3.37. The van der Waals surface area contributed by atoms with Crippen LogP contribution in [0, 0.1) is 0 Å². The SMILES string of the molecule is CNC(=S)C1(c2ccc3nccn3c2)CCCCC1OCc1ccccc1. The summed E-state index contributed by atoms with van der Waals surface area (Å²) >= 11 is 5.86. The van der Waals surface area contributed by atoms with Gasteiger partial charge in [-0.3, -0.25) is 0 Å². The number of aromatic nitrogens is 2. The van der Waals surface area contributed by atoms with E-state index >= 15 is 0 Å². The van der Waals surface area contributed by atoms with Crippen LogP contribution in [0.15, 0.2) is 61.1 Å². The first-order valence-corrected chi connectivity index (χ1v) is 9.96. The molecule has 0 radical (unpaired) electrons. The van der Waals surface area contributed by atoms with Crippen molar-refractivity contribution in [3.8, 4) is 0 Å². The molecule has 4 nitrogen and oxygen atoms in total. The van der Waals surface area contributed by atoms with E-state index in [2.05, 4.69) is 57.3 Å². The van der Waals surface area contributed by atoms with Gasteiger partial charge in [0.15, 0.2) is 0 Å². The molecule has 1 fully saturated rings. The Bertz CT molecular complexity index is 923. The molecule has 1 N–H and O–H groups in total. The summed E-state index contributed by atoms with van der Waals surface area (Å²) in [6.45, 7) is 0.604. The second-order valence-electron chi connectivity index (χ2n) is 7.19. The van der Waals surface area contributed by atoms with Gasteiger partial charge in [0, 0.05) is 25.6 Å². The number of likely N-dealkylation sites (N-methyl/N-ethyl adjacent to an activating group) is 1. The van der Waals surface area contributed by atoms with E-state index in [9.17, 15) is 0 Å². The van der Waals surface area contributed by atoms with Crippen molar-refractivity contribution in [3.05, 3.63) is 72.2 Å². The van der Waals surface area contributed by atoms with Crippen molar-refractivity contribution in [3.63, 3.8) is 0 Å². The third-order valence-corrected chi connectivity index (χ3v) is 6.24. The van der Waals surface area contributed by atoms with Crippen molar-refractivity contribution in [2.75, 3.05) is 7.05 Å². The molecule has 2 heterocycles. The van der Waals surface area contributed by atoms with Crippen molar-refractivity contribution >= 4 is 22.9 Å². The van der Waals surface area contributed by atoms with Crippen LogP contribution in [0.2, 0.25) is 0 Å². The van der Waals surface area contributed by atoms with Gasteiger partial charge in [-0.25, -0.2) is 4.98 Å². The highest BCUT2D eigenvalue weighted by atomic mass is 32.1. The van der Waals surface area contributed by atoms with E-state index in [-0.39, 0.29) is 11.5 Å². The number of imidazole rings is 1. The monoisotopic (exact) mass is 379 g/mol. The average Bonchev–Trinajstić information content (AvgIpc) is 3.20. The van der Waals surface area contributed by atoms with Gasteiger partial charge in [-0.05, 0) is 30.0 Å². The number of hydrogen-bond acceptors (Lipinski definition) is 3. The van der Waals surface area contributed by atoms with E-state index in [1.165, 1.54) is 17.5 Å². The molecule has 5 heteroatoms. The van der Waals surface area contributed by atoms with Gasteiger partial charge in [-0.15, -0.1) is 0 Å². The topological polar surface area (TPSA) is 38.6 Å². The van der Waals surface area contributed by atoms with E-state index in [0.29, 0.717) is 6.61 Å². The quantitative estimate of drug-likeness (QED) is 0.672. The molecular weight excluding hydrogens is 354 g/mol. The zero-order valence-corrected chi connectivity index (χ0v) is 16.4. The first kappa shape index (κ1) is 18.1. The lowest BCUT2D eigenvalue weighted by Crippen LogP contribution is -2.53. The lowest BCUT2D eigenvalue weighted by Gasteiger charge is -2.44. The summed E-state index contributed by atoms with van der Waals surface area (Å²) in [6, 6.07) is 14.6. The molecule has 2 unspecified atom stereocenters. The molecule has 0 aliphatic heterocycles. The minimum absolute atomic E-state index is 0.0485. The number of hydrogen-bond donors (Lipinski definition) is 1. The highest BCUT2D eigenvalue weighted by molar-refractivity contribution is 7.80. The molecule has 0 spiro atoms. The molecule has 1 aromatic carbocycles. The van der Waals surface area contributed by atoms with Gasteiger partial charge in [0.2, 0.25) is 0 Å². The number of ether oxygens (including phenoxy) is 1. The summed E-state index contributed by atoms with van der Waals surface area (Å²) in [7, 11) is 1.92. The predicted octanol–water partition coefficient (Wildman–Crippen LogP) is 4.28. The summed E-state index contributed by atoms with van der Waals surface area (Å²) in [4.78, 5) is 5.23. The molecule has 2 atom stereocenters. The van der Waals surface area contributed by atoms with Crippen LogP contribution in [0.25, 0.3) is 5.65 Å². The van der Waals surface area contributed by atoms with Gasteiger partial charge in [0.25, 0.3) is 0 Å². The van der Waals surface area contributed by atoms with E-state index in [1.807, 2.05) is 25.5 Å². The minimum Gasteiger partial charge on any atom is -0.382 e. The van der Waals surface area contributed by atoms with Crippen LogP contribution >= 0.6 is 12.2 Å². The Hall–Kier alpha value is -2.24. The molecule has 4 rings (SSSR count). The fourth-order valence-electron chi connectivity index (χ4n) is 4.27. The standard InChI is InChI=1S/C22H25N3OS/c1-23-21(27)22(18-10-11-20-24-13-14-25(20)15-18)12-6-5-9-19(22)26-16-17-7-3-2-4-8-17/h2-4,7-8,10-11,13-15,19H,5-6,9,12,16H2,1H3,(H,23,27). The number of thiocarbonyl (C=S) groups is 1. The second-order valence-corrected chi connectivity index (χ2v) is 7.60. The van der Waals surface area contributed by atoms with Crippen LogP contribution in [0.5, 0.6) is 0 Å². The van der Waals surface area contributed by atoms with Crippen LogP contribution in [0.1, 0.15) is 36.8 Å². The number of benzene rings is 1. The molecule has 1 aliphatic carbocycles. The van der Waals surface area contributed by atoms with Gasteiger partial charge >= 0.3 is 0 Å². The molecule has 0 saturated heterocycles. The van der Waals surface area contributed by atoms with Gasteiger partial charge in [-0.1, -0.05) is 61.5 Å². The van der Waals surface area contributed by atoms with E-state index in [4.69, 9.17) is 17.0 Å². The maximum absolute atomic E-state index is 6.50. The summed E-state index contributed by atoms with van der Waals surface area (Å²) in [6.07, 6.45) is 10.3. The Labute approximate surface area is 165 Å². The Kier molecular flexibility index (Phi) is 5.23. The predicted molar refractivity (Wildman–Crippen MR) is 112 cm³/mol. The lowest BCUT2D eigenvalue weighted by molar-refractivity contribution is -0.0163. The molecule has 1 aliphatic rings. The molecule has 2 aromatic heterocycles. The van der Waals surface area contributed by atoms with Crippen LogP contribution in [-0.4, -0.2) is 27.5 Å². The molecule has 0 bridgehead atoms. The summed E-state index contributed by atoms with van der Waals surface area (Å²) < 4.78 is 8.57. The molecule has 0 amide bonds. The Balaban J connectivity index is 1.71. The molecule has 27 heavy (non-hydrogen) atoms. The summed E-state index contributed by atoms with van der Waals surface area (Å²) in [5, 5.41) is 3.27. The highest BCUT2D eigenvalue weighted by Crippen LogP contribution is 2.42. The van der Waals surface area contributed by atoms with Crippen LogP contribution in [0.4, 0.5) is 0 Å². The molecule has 3 aromatic rings. The zero-order chi connectivity index (χ0) is 18.7. The van der Waals surface area contributed by atoms with Crippen LogP contribution in [0.3, 0.4) is 0 Å². The summed E-state index contributed by atoms with van der Waals surface area (Å²) in [5.41, 5.74) is 3.03. The number of nitrogens with one attached hydrogen (secondary N) is 1. The maximum Gasteiger partial charge on any atom is 0.136 e. The highest BCUT2D eigenvalue weighted by Gasteiger charge is 2.46. The molecular formula is C22H25N3OS. The number of fused-ring (bicyclic) bond motifs is 1. The number of pyridine rings is 1. The minimum atomic E-state index is -0.310. The Morgan fingerprint density at radius 2 is 2.11 bits per heavy atom. The van der Waals surface area contributed by atoms with E-state index in [1.54, 1.807) is 0 Å². The van der Waals surface area contributed by atoms with Gasteiger partial charge in [0.1, 0.15) is 5.65 Å². The van der Waals surface area contributed by atoms with Crippen molar-refractivity contribution in [1.82, 2.24) is 14.7 Å². The average molecular weight is 380 g/mol. The Morgan fingerprint density at radius 3 is 2.93 bits per heavy atom. The number of rotatable bonds is 5. The van der Waals surface area contributed by atoms with Crippen molar-refractivity contribution in [2.45, 2.75) is 43.8 Å². The lowest BCUT2D eigenvalue weighted by atomic mass is 9.67. The number of nitrogens with zero attached hydrogens (tertiary/aromatic N) is 2. The first-order chi connectivity index (χ1) is 13.2. The third-order valence-electron chi connectivity index (χ3n) is 5.67. The molecule has 1 saturated carbocycles. The maximum atomic E-state index is 6.50. The van der Waals surface area contributed by atoms with E-state index < -0.39 is 0 Å². The van der Waals surface area contributed by atoms with Crippen molar-refractivity contribution < 1.29 is 4.74 Å². The van der Waals surface area contributed by atoms with E-state index in [0.717, 1.165) is 29.9 Å². The second kappa shape index (κ2) is 7.79. The molecule has 140 valence electrons. The Morgan fingerprint density at radius 1 is 1.26 bits per heavy atom. The van der Waals surface area contributed by atoms with Crippen molar-refractivity contribution in [1.29, 1.82) is 0 Å².